The average molecular weight is 527 g/mol. The Bertz CT molecular complexity index is 1150. The van der Waals surface area contributed by atoms with Crippen LogP contribution in [0.1, 0.15) is 43.4 Å². The van der Waals surface area contributed by atoms with Crippen molar-refractivity contribution in [3.8, 4) is 5.75 Å². The van der Waals surface area contributed by atoms with E-state index in [4.69, 9.17) is 27.9 Å². The molecule has 3 aromatic carbocycles. The third-order valence-corrected chi connectivity index (χ3v) is 6.47. The number of carbonyl (C=O) groups excluding carboxylic acids is 2. The minimum absolute atomic E-state index is 0.138. The number of ether oxygens (including phenoxy) is 1. The molecule has 2 amide bonds. The zero-order chi connectivity index (χ0) is 26.1. The second kappa shape index (κ2) is 13.3. The summed E-state index contributed by atoms with van der Waals surface area (Å²) in [6.07, 6.45) is 0.354. The van der Waals surface area contributed by atoms with E-state index in [1.54, 1.807) is 18.2 Å². The topological polar surface area (TPSA) is 58.6 Å². The van der Waals surface area contributed by atoms with Crippen molar-refractivity contribution in [2.45, 2.75) is 45.7 Å². The molecule has 7 heteroatoms. The number of nitrogens with zero attached hydrogens (tertiary/aromatic N) is 1. The summed E-state index contributed by atoms with van der Waals surface area (Å²) in [5.41, 5.74) is 2.82. The highest BCUT2D eigenvalue weighted by atomic mass is 35.5. The monoisotopic (exact) mass is 526 g/mol. The van der Waals surface area contributed by atoms with Crippen LogP contribution in [0.2, 0.25) is 10.0 Å². The molecule has 3 aromatic rings. The Morgan fingerprint density at radius 2 is 1.67 bits per heavy atom. The minimum Gasteiger partial charge on any atom is -0.484 e. The van der Waals surface area contributed by atoms with Gasteiger partial charge in [0, 0.05) is 29.6 Å². The summed E-state index contributed by atoms with van der Waals surface area (Å²) in [4.78, 5) is 28.3. The van der Waals surface area contributed by atoms with Crippen molar-refractivity contribution in [1.29, 1.82) is 0 Å². The molecule has 1 N–H and O–H groups in total. The Kier molecular flexibility index (Phi) is 10.2. The zero-order valence-corrected chi connectivity index (χ0v) is 22.4. The van der Waals surface area contributed by atoms with Gasteiger partial charge in [-0.3, -0.25) is 9.59 Å². The summed E-state index contributed by atoms with van der Waals surface area (Å²) >= 11 is 12.5. The standard InChI is InChI=1S/C29H32Cl2N2O3/c1-4-32-29(35)27(16-21-8-6-5-7-9-21)33(18-23-10-13-24(30)17-26(23)31)28(34)19-36-25-14-11-22(12-15-25)20(2)3/h5-15,17,20,27H,4,16,18-19H2,1-3H3,(H,32,35)/t27-/m0/s1. The molecule has 5 nitrogen and oxygen atoms in total. The molecule has 0 radical (unpaired) electrons. The van der Waals surface area contributed by atoms with Gasteiger partial charge in [0.25, 0.3) is 5.91 Å². The first kappa shape index (κ1) is 27.6. The van der Waals surface area contributed by atoms with Crippen LogP contribution in [-0.2, 0) is 22.6 Å². The fourth-order valence-electron chi connectivity index (χ4n) is 3.86. The number of likely N-dealkylation sites (N-methyl/N-ethyl adjacent to an activating group) is 1. The van der Waals surface area contributed by atoms with E-state index in [2.05, 4.69) is 19.2 Å². The van der Waals surface area contributed by atoms with Gasteiger partial charge in [-0.2, -0.15) is 0 Å². The van der Waals surface area contributed by atoms with Crippen molar-refractivity contribution < 1.29 is 14.3 Å². The SMILES string of the molecule is CCNC(=O)[C@H](Cc1ccccc1)N(Cc1ccc(Cl)cc1Cl)C(=O)COc1ccc(C(C)C)cc1. The number of hydrogen-bond acceptors (Lipinski definition) is 3. The summed E-state index contributed by atoms with van der Waals surface area (Å²) in [6.45, 7) is 6.47. The highest BCUT2D eigenvalue weighted by Crippen LogP contribution is 2.24. The second-order valence-electron chi connectivity index (χ2n) is 8.87. The summed E-state index contributed by atoms with van der Waals surface area (Å²) < 4.78 is 5.83. The fraction of sp³-hybridized carbons (Fsp3) is 0.310. The molecule has 0 fully saturated rings. The normalized spacial score (nSPS) is 11.7. The second-order valence-corrected chi connectivity index (χ2v) is 9.71. The molecule has 0 aromatic heterocycles. The van der Waals surface area contributed by atoms with Crippen LogP contribution in [-0.4, -0.2) is 35.9 Å². The van der Waals surface area contributed by atoms with Gasteiger partial charge in [0.1, 0.15) is 11.8 Å². The van der Waals surface area contributed by atoms with Crippen LogP contribution < -0.4 is 10.1 Å². The number of hydrogen-bond donors (Lipinski definition) is 1. The van der Waals surface area contributed by atoms with Crippen LogP contribution in [0.4, 0.5) is 0 Å². The molecule has 0 saturated heterocycles. The number of nitrogens with one attached hydrogen (secondary N) is 1. The van der Waals surface area contributed by atoms with Gasteiger partial charge < -0.3 is 15.0 Å². The van der Waals surface area contributed by atoms with E-state index in [1.807, 2.05) is 61.5 Å². The predicted molar refractivity (Wildman–Crippen MR) is 146 cm³/mol. The maximum atomic E-state index is 13.6. The molecule has 0 bridgehead atoms. The van der Waals surface area contributed by atoms with Crippen LogP contribution in [0.5, 0.6) is 5.75 Å². The van der Waals surface area contributed by atoms with Gasteiger partial charge in [-0.1, -0.05) is 85.6 Å². The molecule has 0 unspecified atom stereocenters. The van der Waals surface area contributed by atoms with Crippen LogP contribution >= 0.6 is 23.2 Å². The van der Waals surface area contributed by atoms with E-state index < -0.39 is 6.04 Å². The summed E-state index contributed by atoms with van der Waals surface area (Å²) in [7, 11) is 0. The number of halogens is 2. The van der Waals surface area contributed by atoms with Crippen LogP contribution in [0.3, 0.4) is 0 Å². The third-order valence-electron chi connectivity index (χ3n) is 5.89. The van der Waals surface area contributed by atoms with E-state index in [1.165, 1.54) is 10.5 Å². The molecule has 0 spiro atoms. The maximum Gasteiger partial charge on any atom is 0.261 e. The van der Waals surface area contributed by atoms with Crippen molar-refractivity contribution in [2.75, 3.05) is 13.2 Å². The maximum absolute atomic E-state index is 13.6. The Balaban J connectivity index is 1.89. The van der Waals surface area contributed by atoms with Crippen LogP contribution in [0.15, 0.2) is 72.8 Å². The van der Waals surface area contributed by atoms with Gasteiger partial charge in [0.05, 0.1) is 0 Å². The van der Waals surface area contributed by atoms with E-state index in [0.29, 0.717) is 40.2 Å². The van der Waals surface area contributed by atoms with Crippen molar-refractivity contribution in [2.24, 2.45) is 0 Å². The molecule has 0 aliphatic heterocycles. The number of rotatable bonds is 11. The molecule has 36 heavy (non-hydrogen) atoms. The van der Waals surface area contributed by atoms with Gasteiger partial charge >= 0.3 is 0 Å². The van der Waals surface area contributed by atoms with E-state index in [-0.39, 0.29) is 25.0 Å². The Hall–Kier alpha value is -3.02. The quantitative estimate of drug-likeness (QED) is 0.320. The lowest BCUT2D eigenvalue weighted by atomic mass is 10.0. The summed E-state index contributed by atoms with van der Waals surface area (Å²) in [5, 5.41) is 3.80. The minimum atomic E-state index is -0.751. The Morgan fingerprint density at radius 3 is 2.28 bits per heavy atom. The highest BCUT2D eigenvalue weighted by molar-refractivity contribution is 6.35. The zero-order valence-electron chi connectivity index (χ0n) is 20.8. The molecule has 3 rings (SSSR count). The average Bonchev–Trinajstić information content (AvgIpc) is 2.86. The van der Waals surface area contributed by atoms with Crippen LogP contribution in [0.25, 0.3) is 0 Å². The van der Waals surface area contributed by atoms with Crippen molar-refractivity contribution in [1.82, 2.24) is 10.2 Å². The van der Waals surface area contributed by atoms with Gasteiger partial charge in [-0.25, -0.2) is 0 Å². The molecule has 1 atom stereocenters. The molecule has 0 heterocycles. The number of carbonyl (C=O) groups is 2. The lowest BCUT2D eigenvalue weighted by Gasteiger charge is -2.31. The largest absolute Gasteiger partial charge is 0.484 e. The van der Waals surface area contributed by atoms with Crippen molar-refractivity contribution >= 4 is 35.0 Å². The van der Waals surface area contributed by atoms with E-state index in [0.717, 1.165) is 5.56 Å². The van der Waals surface area contributed by atoms with Gasteiger partial charge in [0.15, 0.2) is 6.61 Å². The highest BCUT2D eigenvalue weighted by Gasteiger charge is 2.31. The first-order valence-electron chi connectivity index (χ1n) is 12.1. The van der Waals surface area contributed by atoms with Gasteiger partial charge in [0.2, 0.25) is 5.91 Å². The van der Waals surface area contributed by atoms with Gasteiger partial charge in [-0.05, 0) is 53.8 Å². The molecule has 0 aliphatic carbocycles. The smallest absolute Gasteiger partial charge is 0.261 e. The third kappa shape index (κ3) is 7.74. The first-order valence-corrected chi connectivity index (χ1v) is 12.8. The molecule has 0 saturated carbocycles. The molecular weight excluding hydrogens is 495 g/mol. The lowest BCUT2D eigenvalue weighted by molar-refractivity contribution is -0.142. The van der Waals surface area contributed by atoms with Crippen molar-refractivity contribution in [3.05, 3.63) is 99.5 Å². The predicted octanol–water partition coefficient (Wildman–Crippen LogP) is 6.27. The van der Waals surface area contributed by atoms with Gasteiger partial charge in [-0.15, -0.1) is 0 Å². The van der Waals surface area contributed by atoms with E-state index >= 15 is 0 Å². The van der Waals surface area contributed by atoms with Crippen molar-refractivity contribution in [3.63, 3.8) is 0 Å². The van der Waals surface area contributed by atoms with Crippen LogP contribution in [0, 0.1) is 0 Å². The van der Waals surface area contributed by atoms with E-state index in [9.17, 15) is 9.59 Å². The first-order chi connectivity index (χ1) is 17.3. The number of benzene rings is 3. The molecule has 0 aliphatic rings. The summed E-state index contributed by atoms with van der Waals surface area (Å²) in [6, 6.07) is 21.7. The Labute approximate surface area is 223 Å². The molecule has 190 valence electrons. The molecular formula is C29H32Cl2N2O3. The lowest BCUT2D eigenvalue weighted by Crippen LogP contribution is -2.51. The number of amides is 2. The Morgan fingerprint density at radius 1 is 0.972 bits per heavy atom. The summed E-state index contributed by atoms with van der Waals surface area (Å²) in [5.74, 6) is 0.438. The fourth-order valence-corrected chi connectivity index (χ4v) is 4.32.